The number of anilines is 1. The Kier molecular flexibility index (Phi) is 4.96. The number of amides is 2. The van der Waals surface area contributed by atoms with Crippen molar-refractivity contribution >= 4 is 34.5 Å². The van der Waals surface area contributed by atoms with Crippen molar-refractivity contribution in [2.24, 2.45) is 0 Å². The number of fused-ring (bicyclic) bond motifs is 1. The van der Waals surface area contributed by atoms with Crippen LogP contribution < -0.4 is 5.32 Å². The van der Waals surface area contributed by atoms with Crippen LogP contribution in [0, 0.1) is 0 Å². The molecule has 2 amide bonds. The third-order valence-electron chi connectivity index (χ3n) is 5.82. The number of carbonyl (C=O) groups is 1. The molecule has 2 aromatic heterocycles. The van der Waals surface area contributed by atoms with Crippen LogP contribution in [0.25, 0.3) is 22.2 Å². The highest BCUT2D eigenvalue weighted by atomic mass is 35.5. The fourth-order valence-corrected chi connectivity index (χ4v) is 4.30. The van der Waals surface area contributed by atoms with Crippen molar-refractivity contribution in [1.82, 2.24) is 24.8 Å². The summed E-state index contributed by atoms with van der Waals surface area (Å²) in [5.74, 6) is 0.537. The van der Waals surface area contributed by atoms with Crippen LogP contribution in [-0.4, -0.2) is 74.2 Å². The molecule has 0 radical (unpaired) electrons. The van der Waals surface area contributed by atoms with Gasteiger partial charge in [0.2, 0.25) is 5.95 Å². The number of piperidine rings is 1. The zero-order valence-electron chi connectivity index (χ0n) is 16.4. The average molecular weight is 427 g/mol. The SMILES string of the molecule is O=C(N1CCC(Nc2ncc(Cl)c(-c3c[nH]c4ccccc34)n2)CC1)N1CC(O)C1. The van der Waals surface area contributed by atoms with Crippen molar-refractivity contribution in [3.05, 3.63) is 41.7 Å². The topological polar surface area (TPSA) is 97.4 Å². The number of hydrogen-bond donors (Lipinski definition) is 3. The van der Waals surface area contributed by atoms with Crippen molar-refractivity contribution in [3.63, 3.8) is 0 Å². The van der Waals surface area contributed by atoms with Gasteiger partial charge < -0.3 is 25.2 Å². The summed E-state index contributed by atoms with van der Waals surface area (Å²) in [6, 6.07) is 8.23. The van der Waals surface area contributed by atoms with E-state index in [9.17, 15) is 9.90 Å². The summed E-state index contributed by atoms with van der Waals surface area (Å²) in [5.41, 5.74) is 2.66. The van der Waals surface area contributed by atoms with Crippen molar-refractivity contribution < 1.29 is 9.90 Å². The van der Waals surface area contributed by atoms with Crippen LogP contribution in [0.4, 0.5) is 10.7 Å². The van der Waals surface area contributed by atoms with Crippen LogP contribution in [0.5, 0.6) is 0 Å². The summed E-state index contributed by atoms with van der Waals surface area (Å²) in [7, 11) is 0. The number of aliphatic hydroxyl groups is 1. The smallest absolute Gasteiger partial charge is 0.320 e. The first-order valence-corrected chi connectivity index (χ1v) is 10.5. The van der Waals surface area contributed by atoms with E-state index in [-0.39, 0.29) is 18.2 Å². The zero-order chi connectivity index (χ0) is 20.7. The zero-order valence-corrected chi connectivity index (χ0v) is 17.1. The lowest BCUT2D eigenvalue weighted by Gasteiger charge is -2.41. The number of likely N-dealkylation sites (tertiary alicyclic amines) is 2. The molecule has 0 aliphatic carbocycles. The lowest BCUT2D eigenvalue weighted by Crippen LogP contribution is -2.59. The van der Waals surface area contributed by atoms with E-state index in [4.69, 9.17) is 11.6 Å². The van der Waals surface area contributed by atoms with Gasteiger partial charge in [0.05, 0.1) is 36.1 Å². The Balaban J connectivity index is 1.26. The molecular formula is C21H23ClN6O2. The van der Waals surface area contributed by atoms with E-state index in [1.165, 1.54) is 0 Å². The van der Waals surface area contributed by atoms with Crippen LogP contribution in [0.2, 0.25) is 5.02 Å². The Bertz CT molecular complexity index is 1070. The molecule has 0 spiro atoms. The minimum Gasteiger partial charge on any atom is -0.389 e. The summed E-state index contributed by atoms with van der Waals surface area (Å²) in [6.07, 6.45) is 4.80. The van der Waals surface area contributed by atoms with Gasteiger partial charge in [0.15, 0.2) is 0 Å². The summed E-state index contributed by atoms with van der Waals surface area (Å²) in [5, 5.41) is 14.4. The van der Waals surface area contributed by atoms with Crippen molar-refractivity contribution in [2.45, 2.75) is 25.0 Å². The fourth-order valence-electron chi connectivity index (χ4n) is 4.10. The normalized spacial score (nSPS) is 17.9. The van der Waals surface area contributed by atoms with Gasteiger partial charge in [0.1, 0.15) is 0 Å². The molecule has 156 valence electrons. The van der Waals surface area contributed by atoms with Gasteiger partial charge in [-0.3, -0.25) is 0 Å². The molecule has 0 unspecified atom stereocenters. The number of halogens is 1. The van der Waals surface area contributed by atoms with Crippen LogP contribution in [0.15, 0.2) is 36.7 Å². The number of urea groups is 1. The monoisotopic (exact) mass is 426 g/mol. The molecule has 0 saturated carbocycles. The molecule has 1 aromatic carbocycles. The maximum Gasteiger partial charge on any atom is 0.320 e. The van der Waals surface area contributed by atoms with Gasteiger partial charge in [-0.15, -0.1) is 0 Å². The second-order valence-electron chi connectivity index (χ2n) is 7.89. The van der Waals surface area contributed by atoms with Gasteiger partial charge >= 0.3 is 6.03 Å². The van der Waals surface area contributed by atoms with Crippen LogP contribution >= 0.6 is 11.6 Å². The first-order chi connectivity index (χ1) is 14.6. The van der Waals surface area contributed by atoms with Gasteiger partial charge in [-0.2, -0.15) is 0 Å². The lowest BCUT2D eigenvalue weighted by atomic mass is 10.1. The third kappa shape index (κ3) is 3.57. The first-order valence-electron chi connectivity index (χ1n) is 10.2. The second kappa shape index (κ2) is 7.77. The summed E-state index contributed by atoms with van der Waals surface area (Å²) >= 11 is 6.41. The fraction of sp³-hybridized carbons (Fsp3) is 0.381. The predicted octanol–water partition coefficient (Wildman–Crippen LogP) is 2.95. The maximum atomic E-state index is 12.4. The molecule has 3 aromatic rings. The Hall–Kier alpha value is -2.84. The molecule has 3 N–H and O–H groups in total. The molecule has 2 saturated heterocycles. The molecule has 0 bridgehead atoms. The minimum absolute atomic E-state index is 0.0168. The number of carbonyl (C=O) groups excluding carboxylic acids is 1. The number of nitrogens with zero attached hydrogens (tertiary/aromatic N) is 4. The Morgan fingerprint density at radius 3 is 2.73 bits per heavy atom. The number of rotatable bonds is 3. The van der Waals surface area contributed by atoms with Crippen LogP contribution in [0.1, 0.15) is 12.8 Å². The molecule has 5 rings (SSSR count). The number of benzene rings is 1. The Morgan fingerprint density at radius 2 is 1.97 bits per heavy atom. The molecular weight excluding hydrogens is 404 g/mol. The van der Waals surface area contributed by atoms with Gasteiger partial charge in [-0.1, -0.05) is 29.8 Å². The molecule has 30 heavy (non-hydrogen) atoms. The predicted molar refractivity (Wildman–Crippen MR) is 116 cm³/mol. The number of aliphatic hydroxyl groups excluding tert-OH is 1. The largest absolute Gasteiger partial charge is 0.389 e. The van der Waals surface area contributed by atoms with Gasteiger partial charge in [0, 0.05) is 41.8 Å². The van der Waals surface area contributed by atoms with Crippen molar-refractivity contribution in [1.29, 1.82) is 0 Å². The van der Waals surface area contributed by atoms with Crippen molar-refractivity contribution in [3.8, 4) is 11.3 Å². The number of H-pyrrole nitrogens is 1. The van der Waals surface area contributed by atoms with Crippen LogP contribution in [0.3, 0.4) is 0 Å². The standard InChI is InChI=1S/C21H23ClN6O2/c22-17-10-24-20(26-19(17)16-9-23-18-4-2-1-3-15(16)18)25-13-5-7-27(8-6-13)21(30)28-11-14(29)12-28/h1-4,9-10,13-14,23,29H,5-8,11-12H2,(H,24,25,26). The maximum absolute atomic E-state index is 12.4. The lowest BCUT2D eigenvalue weighted by molar-refractivity contribution is 0.0131. The highest BCUT2D eigenvalue weighted by Crippen LogP contribution is 2.32. The number of β-amino-alcohol motifs (C(OH)–C–C–N with tert-alkyl or cyclic N) is 1. The highest BCUT2D eigenvalue weighted by Gasteiger charge is 2.33. The van der Waals surface area contributed by atoms with Crippen molar-refractivity contribution in [2.75, 3.05) is 31.5 Å². The Labute approximate surface area is 178 Å². The van der Waals surface area contributed by atoms with Gasteiger partial charge in [0.25, 0.3) is 0 Å². The van der Waals surface area contributed by atoms with E-state index in [1.54, 1.807) is 11.1 Å². The summed E-state index contributed by atoms with van der Waals surface area (Å²) in [4.78, 5) is 28.2. The van der Waals surface area contributed by atoms with Crippen LogP contribution in [-0.2, 0) is 0 Å². The van der Waals surface area contributed by atoms with E-state index in [1.807, 2.05) is 35.4 Å². The second-order valence-corrected chi connectivity index (χ2v) is 8.29. The van der Waals surface area contributed by atoms with E-state index < -0.39 is 0 Å². The molecule has 2 fully saturated rings. The van der Waals surface area contributed by atoms with E-state index in [2.05, 4.69) is 20.3 Å². The third-order valence-corrected chi connectivity index (χ3v) is 6.10. The number of hydrogen-bond acceptors (Lipinski definition) is 5. The number of para-hydroxylation sites is 1. The summed E-state index contributed by atoms with van der Waals surface area (Å²) < 4.78 is 0. The number of aromatic amines is 1. The van der Waals surface area contributed by atoms with Gasteiger partial charge in [-0.05, 0) is 18.9 Å². The van der Waals surface area contributed by atoms with E-state index >= 15 is 0 Å². The van der Waals surface area contributed by atoms with E-state index in [0.29, 0.717) is 42.8 Å². The molecule has 2 aliphatic rings. The molecule has 9 heteroatoms. The molecule has 0 atom stereocenters. The highest BCUT2D eigenvalue weighted by molar-refractivity contribution is 6.33. The first kappa shape index (κ1) is 19.1. The number of nitrogens with one attached hydrogen (secondary N) is 2. The number of aromatic nitrogens is 3. The molecule has 8 nitrogen and oxygen atoms in total. The quantitative estimate of drug-likeness (QED) is 0.598. The molecule has 2 aliphatic heterocycles. The Morgan fingerprint density at radius 1 is 1.20 bits per heavy atom. The minimum atomic E-state index is -0.374. The average Bonchev–Trinajstić information content (AvgIpc) is 3.17. The van der Waals surface area contributed by atoms with Gasteiger partial charge in [-0.25, -0.2) is 14.8 Å². The molecule has 4 heterocycles. The van der Waals surface area contributed by atoms with E-state index in [0.717, 1.165) is 29.3 Å². The summed E-state index contributed by atoms with van der Waals surface area (Å²) in [6.45, 7) is 2.22.